The average molecular weight is 418 g/mol. The third-order valence-electron chi connectivity index (χ3n) is 5.44. The maximum atomic E-state index is 13.5. The maximum Gasteiger partial charge on any atom is 0.258 e. The zero-order valence-corrected chi connectivity index (χ0v) is 17.0. The predicted molar refractivity (Wildman–Crippen MR) is 115 cm³/mol. The van der Waals surface area contributed by atoms with Gasteiger partial charge in [-0.05, 0) is 42.8 Å². The van der Waals surface area contributed by atoms with E-state index in [0.29, 0.717) is 41.5 Å². The Hall–Kier alpha value is -3.87. The first-order valence-corrected chi connectivity index (χ1v) is 10.2. The molecular formula is C24H22N2O5. The molecular weight excluding hydrogens is 396 g/mol. The Morgan fingerprint density at radius 2 is 1.94 bits per heavy atom. The minimum Gasteiger partial charge on any atom is -0.504 e. The van der Waals surface area contributed by atoms with Crippen molar-refractivity contribution in [2.75, 3.05) is 18.7 Å². The molecule has 0 unspecified atom stereocenters. The fourth-order valence-corrected chi connectivity index (χ4v) is 3.97. The molecule has 31 heavy (non-hydrogen) atoms. The van der Waals surface area contributed by atoms with Gasteiger partial charge in [0.15, 0.2) is 23.0 Å². The van der Waals surface area contributed by atoms with E-state index in [0.717, 1.165) is 11.3 Å². The number of benzene rings is 3. The number of nitrogens with one attached hydrogen (secondary N) is 1. The Balaban J connectivity index is 1.56. The molecule has 2 heterocycles. The van der Waals surface area contributed by atoms with Crippen LogP contribution in [0.3, 0.4) is 0 Å². The molecule has 1 atom stereocenters. The minimum absolute atomic E-state index is 0.0183. The van der Waals surface area contributed by atoms with Crippen LogP contribution < -0.4 is 19.5 Å². The number of hydrogen-bond acceptors (Lipinski definition) is 6. The summed E-state index contributed by atoms with van der Waals surface area (Å²) in [6.07, 6.45) is -0.576. The monoisotopic (exact) mass is 418 g/mol. The van der Waals surface area contributed by atoms with Crippen molar-refractivity contribution in [3.63, 3.8) is 0 Å². The number of rotatable bonds is 5. The van der Waals surface area contributed by atoms with E-state index in [1.807, 2.05) is 49.4 Å². The Morgan fingerprint density at radius 3 is 2.81 bits per heavy atom. The molecule has 0 aliphatic carbocycles. The van der Waals surface area contributed by atoms with Gasteiger partial charge in [-0.15, -0.1) is 0 Å². The van der Waals surface area contributed by atoms with Crippen LogP contribution in [0.4, 0.5) is 5.69 Å². The van der Waals surface area contributed by atoms with Crippen LogP contribution in [0.5, 0.6) is 23.0 Å². The number of para-hydroxylation sites is 2. The van der Waals surface area contributed by atoms with Crippen molar-refractivity contribution in [3.8, 4) is 23.0 Å². The number of nitrogens with zero attached hydrogens (tertiary/aromatic N) is 1. The second-order valence-corrected chi connectivity index (χ2v) is 7.34. The normalized spacial score (nSPS) is 16.6. The quantitative estimate of drug-likeness (QED) is 0.644. The third-order valence-corrected chi connectivity index (χ3v) is 5.44. The van der Waals surface area contributed by atoms with Crippen LogP contribution in [0.2, 0.25) is 0 Å². The number of amides is 1. The summed E-state index contributed by atoms with van der Waals surface area (Å²) in [4.78, 5) is 15.2. The Kier molecular flexibility index (Phi) is 4.78. The fraction of sp³-hybridized carbons (Fsp3) is 0.208. The summed E-state index contributed by atoms with van der Waals surface area (Å²) in [5.41, 5.74) is 2.76. The molecule has 0 bridgehead atoms. The Morgan fingerprint density at radius 1 is 1.10 bits per heavy atom. The second kappa shape index (κ2) is 7.75. The molecule has 0 aromatic heterocycles. The van der Waals surface area contributed by atoms with Crippen LogP contribution in [0.25, 0.3) is 0 Å². The number of fused-ring (bicyclic) bond motifs is 2. The zero-order chi connectivity index (χ0) is 21.4. The lowest BCUT2D eigenvalue weighted by molar-refractivity contribution is 0.0664. The average Bonchev–Trinajstić information content (AvgIpc) is 3.25. The van der Waals surface area contributed by atoms with Gasteiger partial charge in [0, 0.05) is 17.8 Å². The topological polar surface area (TPSA) is 80.3 Å². The molecule has 2 N–H and O–H groups in total. The van der Waals surface area contributed by atoms with Crippen molar-refractivity contribution in [1.29, 1.82) is 0 Å². The van der Waals surface area contributed by atoms with Crippen molar-refractivity contribution in [2.24, 2.45) is 0 Å². The smallest absolute Gasteiger partial charge is 0.258 e. The zero-order valence-electron chi connectivity index (χ0n) is 17.0. The fourth-order valence-electron chi connectivity index (χ4n) is 3.97. The van der Waals surface area contributed by atoms with E-state index < -0.39 is 6.17 Å². The lowest BCUT2D eigenvalue weighted by Crippen LogP contribution is -2.42. The highest BCUT2D eigenvalue weighted by Gasteiger charge is 2.35. The van der Waals surface area contributed by atoms with Crippen LogP contribution in [0.15, 0.2) is 60.7 Å². The number of hydrogen-bond donors (Lipinski definition) is 2. The molecule has 0 spiro atoms. The maximum absolute atomic E-state index is 13.5. The molecule has 2 aliphatic rings. The molecule has 0 fully saturated rings. The van der Waals surface area contributed by atoms with Crippen LogP contribution in [-0.2, 0) is 6.54 Å². The second-order valence-electron chi connectivity index (χ2n) is 7.34. The van der Waals surface area contributed by atoms with Gasteiger partial charge in [-0.25, -0.2) is 0 Å². The summed E-state index contributed by atoms with van der Waals surface area (Å²) in [5.74, 6) is 1.63. The highest BCUT2D eigenvalue weighted by molar-refractivity contribution is 6.01. The van der Waals surface area contributed by atoms with E-state index in [-0.39, 0.29) is 18.4 Å². The SMILES string of the molecule is CCOc1cccc([C@H]2Nc3ccccc3C(=O)N2Cc2ccc3c(c2)OCO3)c1O. The third kappa shape index (κ3) is 3.38. The Bertz CT molecular complexity index is 1150. The number of ether oxygens (including phenoxy) is 3. The first-order chi connectivity index (χ1) is 15.2. The highest BCUT2D eigenvalue weighted by Crippen LogP contribution is 2.41. The lowest BCUT2D eigenvalue weighted by Gasteiger charge is -2.38. The molecule has 7 heteroatoms. The van der Waals surface area contributed by atoms with Gasteiger partial charge in [0.1, 0.15) is 6.17 Å². The molecule has 0 saturated carbocycles. The molecule has 3 aromatic rings. The van der Waals surface area contributed by atoms with E-state index in [1.165, 1.54) is 0 Å². The van der Waals surface area contributed by atoms with Crippen molar-refractivity contribution in [3.05, 3.63) is 77.4 Å². The number of phenolic OH excluding ortho intramolecular Hbond substituents is 1. The standard InChI is InChI=1S/C24H22N2O5/c1-2-29-20-9-5-7-17(22(20)27)23-25-18-8-4-3-6-16(18)24(28)26(23)13-15-10-11-19-21(12-15)31-14-30-19/h3-12,23,25,27H,2,13-14H2,1H3/t23-/m0/s1. The lowest BCUT2D eigenvalue weighted by atomic mass is 10.0. The molecule has 3 aromatic carbocycles. The summed E-state index contributed by atoms with van der Waals surface area (Å²) in [6, 6.07) is 18.3. The van der Waals surface area contributed by atoms with Gasteiger partial charge in [-0.3, -0.25) is 4.79 Å². The van der Waals surface area contributed by atoms with Crippen molar-refractivity contribution < 1.29 is 24.1 Å². The van der Waals surface area contributed by atoms with Crippen molar-refractivity contribution >= 4 is 11.6 Å². The van der Waals surface area contributed by atoms with Crippen LogP contribution in [0.1, 0.15) is 34.6 Å². The summed E-state index contributed by atoms with van der Waals surface area (Å²) < 4.78 is 16.4. The van der Waals surface area contributed by atoms with E-state index in [1.54, 1.807) is 23.1 Å². The van der Waals surface area contributed by atoms with E-state index in [2.05, 4.69) is 5.32 Å². The number of anilines is 1. The summed E-state index contributed by atoms with van der Waals surface area (Å²) in [7, 11) is 0. The number of carbonyl (C=O) groups excluding carboxylic acids is 1. The van der Waals surface area contributed by atoms with Crippen LogP contribution in [0, 0.1) is 0 Å². The number of carbonyl (C=O) groups is 1. The number of phenols is 1. The summed E-state index contributed by atoms with van der Waals surface area (Å²) in [6.45, 7) is 2.80. The number of aromatic hydroxyl groups is 1. The van der Waals surface area contributed by atoms with Gasteiger partial charge in [-0.1, -0.05) is 30.3 Å². The first kappa shape index (κ1) is 19.1. The predicted octanol–water partition coefficient (Wildman–Crippen LogP) is 4.29. The molecule has 5 rings (SSSR count). The molecule has 158 valence electrons. The Labute approximate surface area is 179 Å². The molecule has 0 saturated heterocycles. The molecule has 1 amide bonds. The van der Waals surface area contributed by atoms with Crippen molar-refractivity contribution in [1.82, 2.24) is 4.90 Å². The van der Waals surface area contributed by atoms with Gasteiger partial charge >= 0.3 is 0 Å². The van der Waals surface area contributed by atoms with Crippen LogP contribution >= 0.6 is 0 Å². The minimum atomic E-state index is -0.576. The molecule has 7 nitrogen and oxygen atoms in total. The van der Waals surface area contributed by atoms with E-state index in [4.69, 9.17) is 14.2 Å². The molecule has 2 aliphatic heterocycles. The first-order valence-electron chi connectivity index (χ1n) is 10.2. The largest absolute Gasteiger partial charge is 0.504 e. The van der Waals surface area contributed by atoms with Gasteiger partial charge < -0.3 is 29.5 Å². The van der Waals surface area contributed by atoms with Gasteiger partial charge in [0.05, 0.1) is 12.2 Å². The van der Waals surface area contributed by atoms with Crippen LogP contribution in [-0.4, -0.2) is 29.3 Å². The van der Waals surface area contributed by atoms with Gasteiger partial charge in [0.25, 0.3) is 5.91 Å². The van der Waals surface area contributed by atoms with Gasteiger partial charge in [-0.2, -0.15) is 0 Å². The van der Waals surface area contributed by atoms with E-state index in [9.17, 15) is 9.90 Å². The van der Waals surface area contributed by atoms with Crippen molar-refractivity contribution in [2.45, 2.75) is 19.6 Å². The molecule has 0 radical (unpaired) electrons. The summed E-state index contributed by atoms with van der Waals surface area (Å²) >= 11 is 0. The van der Waals surface area contributed by atoms with Gasteiger partial charge in [0.2, 0.25) is 6.79 Å². The summed E-state index contributed by atoms with van der Waals surface area (Å²) in [5, 5.41) is 14.3. The highest BCUT2D eigenvalue weighted by atomic mass is 16.7. The van der Waals surface area contributed by atoms with E-state index >= 15 is 0 Å².